The summed E-state index contributed by atoms with van der Waals surface area (Å²) in [7, 11) is 0. The number of aryl methyl sites for hydroxylation is 2. The Morgan fingerprint density at radius 1 is 1.14 bits per heavy atom. The fourth-order valence-electron chi connectivity index (χ4n) is 2.95. The highest BCUT2D eigenvalue weighted by atomic mass is 16.5. The van der Waals surface area contributed by atoms with Crippen LogP contribution < -0.4 is 5.56 Å². The summed E-state index contributed by atoms with van der Waals surface area (Å²) in [5.74, 6) is -0.214. The van der Waals surface area contributed by atoms with Crippen molar-refractivity contribution in [2.45, 2.75) is 20.5 Å². The van der Waals surface area contributed by atoms with Crippen molar-refractivity contribution < 1.29 is 14.1 Å². The smallest absolute Gasteiger partial charge is 0.344 e. The van der Waals surface area contributed by atoms with Crippen LogP contribution in [0, 0.1) is 13.8 Å². The van der Waals surface area contributed by atoms with Crippen molar-refractivity contribution in [3.05, 3.63) is 87.7 Å². The van der Waals surface area contributed by atoms with Gasteiger partial charge in [0.2, 0.25) is 0 Å². The van der Waals surface area contributed by atoms with Gasteiger partial charge in [-0.05, 0) is 25.5 Å². The summed E-state index contributed by atoms with van der Waals surface area (Å²) in [6, 6.07) is 14.2. The van der Waals surface area contributed by atoms with Gasteiger partial charge in [0.25, 0.3) is 5.56 Å². The molecule has 4 aromatic rings. The molecule has 0 spiro atoms. The lowest BCUT2D eigenvalue weighted by Gasteiger charge is -2.07. The quantitative estimate of drug-likeness (QED) is 0.509. The van der Waals surface area contributed by atoms with Gasteiger partial charge in [-0.2, -0.15) is 0 Å². The number of nitrogens with zero attached hydrogens (tertiary/aromatic N) is 3. The van der Waals surface area contributed by atoms with E-state index in [1.807, 2.05) is 43.3 Å². The van der Waals surface area contributed by atoms with Gasteiger partial charge in [0.15, 0.2) is 0 Å². The fourth-order valence-corrected chi connectivity index (χ4v) is 2.95. The third-order valence-corrected chi connectivity index (χ3v) is 4.33. The average Bonchev–Trinajstić information content (AvgIpc) is 3.09. The Morgan fingerprint density at radius 2 is 1.93 bits per heavy atom. The Balaban J connectivity index is 1.59. The second-order valence-electron chi connectivity index (χ2n) is 6.42. The molecule has 0 bridgehead atoms. The maximum atomic E-state index is 12.7. The predicted molar refractivity (Wildman–Crippen MR) is 102 cm³/mol. The van der Waals surface area contributed by atoms with Crippen LogP contribution in [-0.4, -0.2) is 20.5 Å². The molecule has 0 saturated heterocycles. The third-order valence-electron chi connectivity index (χ3n) is 4.33. The Kier molecular flexibility index (Phi) is 4.49. The van der Waals surface area contributed by atoms with Crippen LogP contribution in [0.1, 0.15) is 27.4 Å². The molecule has 1 aromatic carbocycles. The van der Waals surface area contributed by atoms with E-state index in [0.717, 1.165) is 11.1 Å². The fraction of sp³-hybridized carbons (Fsp3) is 0.143. The van der Waals surface area contributed by atoms with E-state index in [1.165, 1.54) is 10.5 Å². The molecule has 3 heterocycles. The highest BCUT2D eigenvalue weighted by Gasteiger charge is 2.23. The maximum Gasteiger partial charge on any atom is 0.344 e. The molecule has 0 unspecified atom stereocenters. The summed E-state index contributed by atoms with van der Waals surface area (Å²) in [6.07, 6.45) is 1.72. The maximum absolute atomic E-state index is 12.7. The van der Waals surface area contributed by atoms with E-state index in [9.17, 15) is 9.59 Å². The van der Waals surface area contributed by atoms with E-state index in [-0.39, 0.29) is 17.7 Å². The summed E-state index contributed by atoms with van der Waals surface area (Å²) in [5, 5.41) is 3.98. The van der Waals surface area contributed by atoms with Crippen LogP contribution in [0.2, 0.25) is 0 Å². The Morgan fingerprint density at radius 3 is 2.71 bits per heavy atom. The number of ether oxygens (including phenoxy) is 1. The van der Waals surface area contributed by atoms with Crippen molar-refractivity contribution in [1.82, 2.24) is 14.5 Å². The minimum Gasteiger partial charge on any atom is -0.455 e. The first kappa shape index (κ1) is 17.7. The number of benzene rings is 1. The highest BCUT2D eigenvalue weighted by molar-refractivity contribution is 5.97. The van der Waals surface area contributed by atoms with E-state index in [4.69, 9.17) is 9.26 Å². The number of hydrogen-bond donors (Lipinski definition) is 0. The van der Waals surface area contributed by atoms with Crippen LogP contribution in [0.3, 0.4) is 0 Å². The monoisotopic (exact) mass is 375 g/mol. The number of hydrogen-bond acceptors (Lipinski definition) is 6. The zero-order valence-corrected chi connectivity index (χ0v) is 15.4. The zero-order valence-electron chi connectivity index (χ0n) is 15.4. The van der Waals surface area contributed by atoms with Gasteiger partial charge in [-0.25, -0.2) is 9.78 Å². The van der Waals surface area contributed by atoms with Crippen molar-refractivity contribution in [3.8, 4) is 11.3 Å². The first-order valence-electron chi connectivity index (χ1n) is 8.70. The van der Waals surface area contributed by atoms with Crippen molar-refractivity contribution in [2.24, 2.45) is 0 Å². The van der Waals surface area contributed by atoms with E-state index in [0.29, 0.717) is 22.8 Å². The largest absolute Gasteiger partial charge is 0.455 e. The first-order chi connectivity index (χ1) is 13.5. The van der Waals surface area contributed by atoms with Gasteiger partial charge in [-0.3, -0.25) is 9.20 Å². The molecule has 0 atom stereocenters. The van der Waals surface area contributed by atoms with E-state index in [2.05, 4.69) is 10.1 Å². The van der Waals surface area contributed by atoms with E-state index >= 15 is 0 Å². The lowest BCUT2D eigenvalue weighted by Crippen LogP contribution is -2.17. The van der Waals surface area contributed by atoms with Gasteiger partial charge < -0.3 is 9.26 Å². The lowest BCUT2D eigenvalue weighted by molar-refractivity contribution is 0.0466. The SMILES string of the molecule is Cc1ccc2nc(COC(=O)c3c(-c4ccccc4)noc3C)cc(=O)n2c1. The van der Waals surface area contributed by atoms with Crippen LogP contribution in [0.25, 0.3) is 16.9 Å². The van der Waals surface area contributed by atoms with Gasteiger partial charge in [0.1, 0.15) is 29.3 Å². The number of pyridine rings is 1. The molecular weight excluding hydrogens is 358 g/mol. The molecule has 0 fully saturated rings. The molecule has 0 N–H and O–H groups in total. The normalized spacial score (nSPS) is 10.9. The Bertz CT molecular complexity index is 1230. The molecule has 0 aliphatic carbocycles. The molecule has 7 heteroatoms. The van der Waals surface area contributed by atoms with Gasteiger partial charge >= 0.3 is 5.97 Å². The lowest BCUT2D eigenvalue weighted by atomic mass is 10.1. The number of carbonyl (C=O) groups is 1. The summed E-state index contributed by atoms with van der Waals surface area (Å²) in [5.41, 5.74) is 3.03. The molecule has 0 aliphatic rings. The van der Waals surface area contributed by atoms with Gasteiger partial charge in [-0.1, -0.05) is 41.6 Å². The second-order valence-corrected chi connectivity index (χ2v) is 6.42. The first-order valence-corrected chi connectivity index (χ1v) is 8.70. The molecular formula is C21H17N3O4. The van der Waals surface area contributed by atoms with Crippen molar-refractivity contribution in [2.75, 3.05) is 0 Å². The minimum absolute atomic E-state index is 0.128. The Hall–Kier alpha value is -3.74. The van der Waals surface area contributed by atoms with E-state index < -0.39 is 5.97 Å². The number of fused-ring (bicyclic) bond motifs is 1. The van der Waals surface area contributed by atoms with E-state index in [1.54, 1.807) is 19.2 Å². The summed E-state index contributed by atoms with van der Waals surface area (Å²) >= 11 is 0. The summed E-state index contributed by atoms with van der Waals surface area (Å²) < 4.78 is 12.0. The zero-order chi connectivity index (χ0) is 19.7. The molecule has 28 heavy (non-hydrogen) atoms. The number of carbonyl (C=O) groups excluding carboxylic acids is 1. The van der Waals surface area contributed by atoms with Gasteiger partial charge in [0, 0.05) is 17.8 Å². The van der Waals surface area contributed by atoms with Crippen LogP contribution in [0.4, 0.5) is 0 Å². The number of aromatic nitrogens is 3. The van der Waals surface area contributed by atoms with Crippen molar-refractivity contribution in [3.63, 3.8) is 0 Å². The summed E-state index contributed by atoms with van der Waals surface area (Å²) in [6.45, 7) is 3.42. The molecule has 3 aromatic heterocycles. The Labute approximate surface area is 160 Å². The van der Waals surface area contributed by atoms with Crippen LogP contribution >= 0.6 is 0 Å². The van der Waals surface area contributed by atoms with Crippen molar-refractivity contribution >= 4 is 11.6 Å². The van der Waals surface area contributed by atoms with Crippen LogP contribution in [0.5, 0.6) is 0 Å². The van der Waals surface area contributed by atoms with Crippen molar-refractivity contribution in [1.29, 1.82) is 0 Å². The molecule has 0 radical (unpaired) electrons. The van der Waals surface area contributed by atoms with Crippen LogP contribution in [0.15, 0.2) is 64.0 Å². The molecule has 0 saturated carbocycles. The molecule has 7 nitrogen and oxygen atoms in total. The second kappa shape index (κ2) is 7.11. The predicted octanol–water partition coefficient (Wildman–Crippen LogP) is 3.32. The molecule has 0 amide bonds. The highest BCUT2D eigenvalue weighted by Crippen LogP contribution is 2.25. The van der Waals surface area contributed by atoms with Gasteiger partial charge in [-0.15, -0.1) is 0 Å². The summed E-state index contributed by atoms with van der Waals surface area (Å²) in [4.78, 5) is 29.3. The molecule has 140 valence electrons. The van der Waals surface area contributed by atoms with Crippen LogP contribution in [-0.2, 0) is 11.3 Å². The topological polar surface area (TPSA) is 86.7 Å². The number of rotatable bonds is 4. The average molecular weight is 375 g/mol. The van der Waals surface area contributed by atoms with Gasteiger partial charge in [0.05, 0.1) is 5.69 Å². The minimum atomic E-state index is -0.580. The molecule has 4 rings (SSSR count). The standard InChI is InChI=1S/C21H17N3O4/c1-13-8-9-17-22-16(10-18(25)24(17)11-13)12-27-21(26)19-14(2)28-23-20(19)15-6-4-3-5-7-15/h3-11H,12H2,1-2H3. The molecule has 0 aliphatic heterocycles. The number of esters is 1. The third kappa shape index (κ3) is 3.29.